The van der Waals surface area contributed by atoms with E-state index in [2.05, 4.69) is 20.8 Å². The van der Waals surface area contributed by atoms with Crippen LogP contribution in [-0.2, 0) is 0 Å². The Morgan fingerprint density at radius 2 is 2.17 bits per heavy atom. The van der Waals surface area contributed by atoms with Crippen molar-refractivity contribution in [2.45, 2.75) is 6.92 Å². The van der Waals surface area contributed by atoms with Crippen molar-refractivity contribution in [1.82, 2.24) is 4.98 Å². The van der Waals surface area contributed by atoms with Gasteiger partial charge in [0.1, 0.15) is 5.84 Å². The molecule has 2 N–H and O–H groups in total. The Balaban J connectivity index is 0.000000720. The molecule has 0 unspecified atom stereocenters. The zero-order chi connectivity index (χ0) is 7.68. The van der Waals surface area contributed by atoms with Gasteiger partial charge in [0.05, 0.1) is 17.6 Å². The fourth-order valence-corrected chi connectivity index (χ4v) is 0.958. The van der Waals surface area contributed by atoms with Crippen LogP contribution in [0, 0.1) is 0 Å². The van der Waals surface area contributed by atoms with E-state index in [0.29, 0.717) is 0 Å². The summed E-state index contributed by atoms with van der Waals surface area (Å²) in [4.78, 5) is 3.97. The van der Waals surface area contributed by atoms with Gasteiger partial charge in [-0.3, -0.25) is 10.4 Å². The first-order valence-corrected chi connectivity index (χ1v) is 3.37. The predicted molar refractivity (Wildman–Crippen MR) is 51.8 cm³/mol. The second kappa shape index (κ2) is 3.40. The molecular formula is C7H9ClN4. The number of amidine groups is 1. The molecule has 0 atom stereocenters. The highest BCUT2D eigenvalue weighted by molar-refractivity contribution is 5.99. The number of aromatic nitrogens is 1. The molecule has 0 aliphatic carbocycles. The van der Waals surface area contributed by atoms with E-state index >= 15 is 0 Å². The second-order valence-corrected chi connectivity index (χ2v) is 2.36. The Morgan fingerprint density at radius 1 is 1.33 bits per heavy atom. The number of nitrogens with one attached hydrogen (secondary N) is 2. The molecule has 0 bridgehead atoms. The van der Waals surface area contributed by atoms with Crippen LogP contribution in [0.3, 0.4) is 0 Å². The first-order chi connectivity index (χ1) is 5.36. The average Bonchev–Trinajstić information content (AvgIpc) is 2.04. The SMILES string of the molecule is CC1=NNc2ccncc2N1.Cl. The molecule has 4 nitrogen and oxygen atoms in total. The van der Waals surface area contributed by atoms with E-state index in [1.807, 2.05) is 13.0 Å². The highest BCUT2D eigenvalue weighted by atomic mass is 35.5. The maximum absolute atomic E-state index is 4.00. The summed E-state index contributed by atoms with van der Waals surface area (Å²) in [6, 6.07) is 1.87. The van der Waals surface area contributed by atoms with Crippen molar-refractivity contribution in [3.05, 3.63) is 18.5 Å². The van der Waals surface area contributed by atoms with E-state index in [1.165, 1.54) is 0 Å². The van der Waals surface area contributed by atoms with E-state index in [9.17, 15) is 0 Å². The molecule has 5 heteroatoms. The largest absolute Gasteiger partial charge is 0.340 e. The summed E-state index contributed by atoms with van der Waals surface area (Å²) in [5, 5.41) is 7.08. The quantitative estimate of drug-likeness (QED) is 0.645. The van der Waals surface area contributed by atoms with Gasteiger partial charge < -0.3 is 5.32 Å². The van der Waals surface area contributed by atoms with Crippen LogP contribution >= 0.6 is 12.4 Å². The lowest BCUT2D eigenvalue weighted by molar-refractivity contribution is 1.24. The lowest BCUT2D eigenvalue weighted by Crippen LogP contribution is -2.15. The van der Waals surface area contributed by atoms with Gasteiger partial charge in [0.15, 0.2) is 0 Å². The van der Waals surface area contributed by atoms with E-state index in [-0.39, 0.29) is 12.4 Å². The number of nitrogens with zero attached hydrogens (tertiary/aromatic N) is 2. The van der Waals surface area contributed by atoms with Crippen LogP contribution in [0.1, 0.15) is 6.92 Å². The minimum atomic E-state index is 0. The average molecular weight is 185 g/mol. The van der Waals surface area contributed by atoms with Crippen LogP contribution in [0.15, 0.2) is 23.6 Å². The van der Waals surface area contributed by atoms with Crippen molar-refractivity contribution in [2.75, 3.05) is 10.7 Å². The lowest BCUT2D eigenvalue weighted by Gasteiger charge is -2.15. The highest BCUT2D eigenvalue weighted by Crippen LogP contribution is 2.21. The summed E-state index contributed by atoms with van der Waals surface area (Å²) in [5.41, 5.74) is 4.83. The molecule has 0 spiro atoms. The predicted octanol–water partition coefficient (Wildman–Crippen LogP) is 1.67. The van der Waals surface area contributed by atoms with E-state index < -0.39 is 0 Å². The molecular weight excluding hydrogens is 176 g/mol. The van der Waals surface area contributed by atoms with Crippen LogP contribution in [0.4, 0.5) is 11.4 Å². The fourth-order valence-electron chi connectivity index (χ4n) is 0.958. The van der Waals surface area contributed by atoms with Crippen LogP contribution in [0.25, 0.3) is 0 Å². The molecule has 0 saturated carbocycles. The zero-order valence-corrected chi connectivity index (χ0v) is 7.35. The third-order valence-electron chi connectivity index (χ3n) is 1.48. The summed E-state index contributed by atoms with van der Waals surface area (Å²) < 4.78 is 0. The van der Waals surface area contributed by atoms with E-state index in [4.69, 9.17) is 0 Å². The van der Waals surface area contributed by atoms with Gasteiger partial charge in [-0.15, -0.1) is 12.4 Å². The molecule has 1 aliphatic heterocycles. The molecule has 0 fully saturated rings. The Labute approximate surface area is 76.5 Å². The Kier molecular flexibility index (Phi) is 2.50. The normalized spacial score (nSPS) is 12.9. The minimum Gasteiger partial charge on any atom is -0.340 e. The van der Waals surface area contributed by atoms with Gasteiger partial charge in [0, 0.05) is 6.20 Å². The first-order valence-electron chi connectivity index (χ1n) is 3.37. The summed E-state index contributed by atoms with van der Waals surface area (Å²) in [7, 11) is 0. The molecule has 1 aromatic heterocycles. The second-order valence-electron chi connectivity index (χ2n) is 2.36. The van der Waals surface area contributed by atoms with Crippen molar-refractivity contribution in [2.24, 2.45) is 5.10 Å². The van der Waals surface area contributed by atoms with Crippen molar-refractivity contribution in [1.29, 1.82) is 0 Å². The Bertz CT molecular complexity index is 310. The molecule has 0 amide bonds. The highest BCUT2D eigenvalue weighted by Gasteiger charge is 2.05. The molecule has 0 radical (unpaired) electrons. The van der Waals surface area contributed by atoms with Crippen molar-refractivity contribution in [3.8, 4) is 0 Å². The number of fused-ring (bicyclic) bond motifs is 1. The third-order valence-corrected chi connectivity index (χ3v) is 1.48. The Hall–Kier alpha value is -1.29. The standard InChI is InChI=1S/C7H8N4.ClH/c1-5-9-7-4-8-3-2-6(7)11-10-5;/h2-4,11H,1H3,(H,9,10);1H. The molecule has 0 aromatic carbocycles. The monoisotopic (exact) mass is 184 g/mol. The van der Waals surface area contributed by atoms with Gasteiger partial charge in [0.25, 0.3) is 0 Å². The van der Waals surface area contributed by atoms with Crippen LogP contribution < -0.4 is 10.7 Å². The number of hydrazone groups is 1. The lowest BCUT2D eigenvalue weighted by atomic mass is 10.3. The summed E-state index contributed by atoms with van der Waals surface area (Å²) in [5.74, 6) is 0.852. The smallest absolute Gasteiger partial charge is 0.123 e. The van der Waals surface area contributed by atoms with Crippen LogP contribution in [-0.4, -0.2) is 10.8 Å². The van der Waals surface area contributed by atoms with Gasteiger partial charge in [-0.25, -0.2) is 0 Å². The maximum Gasteiger partial charge on any atom is 0.123 e. The summed E-state index contributed by atoms with van der Waals surface area (Å²) in [6.07, 6.45) is 3.49. The molecule has 0 saturated heterocycles. The van der Waals surface area contributed by atoms with Crippen molar-refractivity contribution < 1.29 is 0 Å². The molecule has 2 rings (SSSR count). The molecule has 1 aliphatic rings. The molecule has 12 heavy (non-hydrogen) atoms. The third kappa shape index (κ3) is 1.48. The van der Waals surface area contributed by atoms with Gasteiger partial charge in [0.2, 0.25) is 0 Å². The number of rotatable bonds is 0. The topological polar surface area (TPSA) is 49.3 Å². The van der Waals surface area contributed by atoms with E-state index in [0.717, 1.165) is 17.2 Å². The Morgan fingerprint density at radius 3 is 3.00 bits per heavy atom. The van der Waals surface area contributed by atoms with Crippen LogP contribution in [0.5, 0.6) is 0 Å². The number of halogens is 1. The van der Waals surface area contributed by atoms with Gasteiger partial charge in [-0.1, -0.05) is 0 Å². The number of hydrogen-bond donors (Lipinski definition) is 2. The molecule has 64 valence electrons. The first kappa shape index (κ1) is 8.80. The van der Waals surface area contributed by atoms with Crippen LogP contribution in [0.2, 0.25) is 0 Å². The number of hydrogen-bond acceptors (Lipinski definition) is 4. The molecule has 2 heterocycles. The number of anilines is 2. The minimum absolute atomic E-state index is 0. The van der Waals surface area contributed by atoms with E-state index in [1.54, 1.807) is 12.4 Å². The maximum atomic E-state index is 4.00. The van der Waals surface area contributed by atoms with Gasteiger partial charge in [-0.05, 0) is 13.0 Å². The van der Waals surface area contributed by atoms with Crippen molar-refractivity contribution in [3.63, 3.8) is 0 Å². The summed E-state index contributed by atoms with van der Waals surface area (Å²) >= 11 is 0. The molecule has 1 aromatic rings. The number of pyridine rings is 1. The van der Waals surface area contributed by atoms with Gasteiger partial charge in [-0.2, -0.15) is 5.10 Å². The summed E-state index contributed by atoms with van der Waals surface area (Å²) in [6.45, 7) is 1.89. The van der Waals surface area contributed by atoms with Gasteiger partial charge >= 0.3 is 0 Å². The van der Waals surface area contributed by atoms with Crippen molar-refractivity contribution >= 4 is 29.6 Å². The zero-order valence-electron chi connectivity index (χ0n) is 6.53. The fraction of sp³-hybridized carbons (Fsp3) is 0.143.